The van der Waals surface area contributed by atoms with Crippen LogP contribution < -0.4 is 4.72 Å². The first-order valence-corrected chi connectivity index (χ1v) is 7.51. The second-order valence-electron chi connectivity index (χ2n) is 5.49. The fourth-order valence-corrected chi connectivity index (χ4v) is 2.36. The molecule has 0 bridgehead atoms. The third-order valence-corrected chi connectivity index (χ3v) is 3.65. The molecule has 6 nitrogen and oxygen atoms in total. The summed E-state index contributed by atoms with van der Waals surface area (Å²) < 4.78 is 25.5. The molecule has 1 aromatic rings. The number of carbonyl (C=O) groups is 1. The van der Waals surface area contributed by atoms with Crippen molar-refractivity contribution in [2.24, 2.45) is 5.41 Å². The van der Waals surface area contributed by atoms with Gasteiger partial charge in [0.15, 0.2) is 5.03 Å². The fourth-order valence-electron chi connectivity index (χ4n) is 1.46. The summed E-state index contributed by atoms with van der Waals surface area (Å²) in [7, 11) is -3.90. The van der Waals surface area contributed by atoms with E-state index in [0.29, 0.717) is 6.42 Å². The molecule has 19 heavy (non-hydrogen) atoms. The standard InChI is InChI=1S/C12H19N3O3S/c1-12(2,3)6-4-5-10(16)15-19(17,18)11-9-13-7-8-14-11/h7-9H,4-6H2,1-3H3,(H,15,16). The van der Waals surface area contributed by atoms with E-state index in [1.54, 1.807) is 0 Å². The van der Waals surface area contributed by atoms with Gasteiger partial charge in [-0.2, -0.15) is 8.42 Å². The van der Waals surface area contributed by atoms with Crippen LogP contribution in [0.25, 0.3) is 0 Å². The van der Waals surface area contributed by atoms with Gasteiger partial charge in [-0.05, 0) is 18.3 Å². The third-order valence-electron chi connectivity index (χ3n) is 2.39. The van der Waals surface area contributed by atoms with Crippen LogP contribution in [0.2, 0.25) is 0 Å². The Morgan fingerprint density at radius 2 is 2.00 bits per heavy atom. The number of nitrogens with one attached hydrogen (secondary N) is 1. The van der Waals surface area contributed by atoms with Gasteiger partial charge in [-0.25, -0.2) is 9.71 Å². The van der Waals surface area contributed by atoms with E-state index in [4.69, 9.17) is 0 Å². The normalized spacial score (nSPS) is 12.2. The van der Waals surface area contributed by atoms with Crippen LogP contribution in [0, 0.1) is 5.41 Å². The zero-order chi connectivity index (χ0) is 14.5. The molecule has 0 atom stereocenters. The van der Waals surface area contributed by atoms with Crippen LogP contribution in [0.4, 0.5) is 0 Å². The molecule has 0 aliphatic rings. The molecule has 1 N–H and O–H groups in total. The van der Waals surface area contributed by atoms with Crippen LogP contribution in [0.15, 0.2) is 23.6 Å². The molecule has 0 unspecified atom stereocenters. The predicted octanol–water partition coefficient (Wildman–Crippen LogP) is 1.50. The Kier molecular flexibility index (Phi) is 4.99. The van der Waals surface area contributed by atoms with E-state index in [9.17, 15) is 13.2 Å². The molecule has 1 heterocycles. The Hall–Kier alpha value is -1.50. The van der Waals surface area contributed by atoms with Gasteiger partial charge in [0.1, 0.15) is 0 Å². The maximum Gasteiger partial charge on any atom is 0.283 e. The highest BCUT2D eigenvalue weighted by atomic mass is 32.2. The lowest BCUT2D eigenvalue weighted by atomic mass is 9.90. The summed E-state index contributed by atoms with van der Waals surface area (Å²) in [5.74, 6) is -0.519. The number of amides is 1. The van der Waals surface area contributed by atoms with Crippen LogP contribution in [-0.2, 0) is 14.8 Å². The van der Waals surface area contributed by atoms with E-state index >= 15 is 0 Å². The van der Waals surface area contributed by atoms with Gasteiger partial charge in [0, 0.05) is 18.8 Å². The molecule has 0 aromatic carbocycles. The van der Waals surface area contributed by atoms with Crippen molar-refractivity contribution in [1.29, 1.82) is 0 Å². The van der Waals surface area contributed by atoms with Crippen LogP contribution in [-0.4, -0.2) is 24.3 Å². The number of hydrogen-bond acceptors (Lipinski definition) is 5. The first-order valence-electron chi connectivity index (χ1n) is 6.02. The number of rotatable bonds is 5. The van der Waals surface area contributed by atoms with Crippen molar-refractivity contribution in [2.45, 2.75) is 45.1 Å². The van der Waals surface area contributed by atoms with Gasteiger partial charge in [0.05, 0.1) is 6.20 Å². The minimum atomic E-state index is -3.90. The van der Waals surface area contributed by atoms with Gasteiger partial charge in [0.2, 0.25) is 5.91 Å². The van der Waals surface area contributed by atoms with Gasteiger partial charge in [-0.1, -0.05) is 20.8 Å². The lowest BCUT2D eigenvalue weighted by Crippen LogP contribution is -2.31. The second kappa shape index (κ2) is 6.10. The van der Waals surface area contributed by atoms with Gasteiger partial charge >= 0.3 is 0 Å². The molecule has 0 aliphatic carbocycles. The molecular formula is C12H19N3O3S. The fraction of sp³-hybridized carbons (Fsp3) is 0.583. The van der Waals surface area contributed by atoms with E-state index in [1.807, 2.05) is 4.72 Å². The summed E-state index contributed by atoms with van der Waals surface area (Å²) in [5, 5.41) is -0.251. The van der Waals surface area contributed by atoms with Gasteiger partial charge < -0.3 is 0 Å². The predicted molar refractivity (Wildman–Crippen MR) is 70.7 cm³/mol. The van der Waals surface area contributed by atoms with Gasteiger partial charge in [-0.3, -0.25) is 9.78 Å². The van der Waals surface area contributed by atoms with Crippen LogP contribution >= 0.6 is 0 Å². The number of nitrogens with zero attached hydrogens (tertiary/aromatic N) is 2. The van der Waals surface area contributed by atoms with Crippen molar-refractivity contribution < 1.29 is 13.2 Å². The molecule has 0 spiro atoms. The van der Waals surface area contributed by atoms with E-state index < -0.39 is 15.9 Å². The van der Waals surface area contributed by atoms with Crippen molar-refractivity contribution >= 4 is 15.9 Å². The van der Waals surface area contributed by atoms with E-state index in [0.717, 1.165) is 12.6 Å². The molecule has 1 aromatic heterocycles. The van der Waals surface area contributed by atoms with Crippen molar-refractivity contribution in [3.8, 4) is 0 Å². The number of aromatic nitrogens is 2. The van der Waals surface area contributed by atoms with Crippen molar-refractivity contribution in [3.63, 3.8) is 0 Å². The minimum Gasteiger partial charge on any atom is -0.274 e. The highest BCUT2D eigenvalue weighted by molar-refractivity contribution is 7.90. The largest absolute Gasteiger partial charge is 0.283 e. The minimum absolute atomic E-state index is 0.129. The van der Waals surface area contributed by atoms with Gasteiger partial charge in [0.25, 0.3) is 10.0 Å². The Morgan fingerprint density at radius 3 is 2.53 bits per heavy atom. The molecule has 0 aliphatic heterocycles. The molecule has 0 fully saturated rings. The van der Waals surface area contributed by atoms with E-state index in [-0.39, 0.29) is 16.9 Å². The average Bonchev–Trinajstić information content (AvgIpc) is 2.27. The highest BCUT2D eigenvalue weighted by Gasteiger charge is 2.19. The summed E-state index contributed by atoms with van der Waals surface area (Å²) in [6.45, 7) is 6.21. The SMILES string of the molecule is CC(C)(C)CCCC(=O)NS(=O)(=O)c1cnccn1. The first kappa shape index (κ1) is 15.6. The van der Waals surface area contributed by atoms with E-state index in [1.165, 1.54) is 12.4 Å². The summed E-state index contributed by atoms with van der Waals surface area (Å²) >= 11 is 0. The summed E-state index contributed by atoms with van der Waals surface area (Å²) in [5.41, 5.74) is 0.129. The lowest BCUT2D eigenvalue weighted by Gasteiger charge is -2.17. The van der Waals surface area contributed by atoms with Crippen molar-refractivity contribution in [2.75, 3.05) is 0 Å². The second-order valence-corrected chi connectivity index (χ2v) is 7.12. The zero-order valence-electron chi connectivity index (χ0n) is 11.4. The molecule has 1 amide bonds. The van der Waals surface area contributed by atoms with Crippen LogP contribution in [0.1, 0.15) is 40.0 Å². The maximum atomic E-state index is 11.8. The summed E-state index contributed by atoms with van der Waals surface area (Å²) in [6, 6.07) is 0. The number of hydrogen-bond donors (Lipinski definition) is 1. The van der Waals surface area contributed by atoms with Crippen LogP contribution in [0.3, 0.4) is 0 Å². The summed E-state index contributed by atoms with van der Waals surface area (Å²) in [6.07, 6.45) is 5.40. The summed E-state index contributed by atoms with van der Waals surface area (Å²) in [4.78, 5) is 18.9. The first-order chi connectivity index (χ1) is 8.71. The maximum absolute atomic E-state index is 11.8. The highest BCUT2D eigenvalue weighted by Crippen LogP contribution is 2.21. The molecular weight excluding hydrogens is 266 g/mol. The topological polar surface area (TPSA) is 89.0 Å². The quantitative estimate of drug-likeness (QED) is 0.885. The van der Waals surface area contributed by atoms with Crippen LogP contribution in [0.5, 0.6) is 0 Å². The monoisotopic (exact) mass is 285 g/mol. The molecule has 0 saturated heterocycles. The smallest absolute Gasteiger partial charge is 0.274 e. The molecule has 0 saturated carbocycles. The Balaban J connectivity index is 2.53. The van der Waals surface area contributed by atoms with Crippen molar-refractivity contribution in [3.05, 3.63) is 18.6 Å². The average molecular weight is 285 g/mol. The number of carbonyl (C=O) groups excluding carboxylic acids is 1. The number of sulfonamides is 1. The van der Waals surface area contributed by atoms with E-state index in [2.05, 4.69) is 30.7 Å². The Bertz CT molecular complexity index is 521. The zero-order valence-corrected chi connectivity index (χ0v) is 12.2. The van der Waals surface area contributed by atoms with Crippen molar-refractivity contribution in [1.82, 2.24) is 14.7 Å². The Labute approximate surface area is 113 Å². The molecule has 1 rings (SSSR count). The molecule has 7 heteroatoms. The lowest BCUT2D eigenvalue weighted by molar-refractivity contribution is -0.119. The molecule has 106 valence electrons. The Morgan fingerprint density at radius 1 is 1.32 bits per heavy atom. The molecule has 0 radical (unpaired) electrons. The third kappa shape index (κ3) is 5.78. The van der Waals surface area contributed by atoms with Gasteiger partial charge in [-0.15, -0.1) is 0 Å².